The Bertz CT molecular complexity index is 1050. The molecule has 13 heteroatoms. The number of sulfonamides is 1. The van der Waals surface area contributed by atoms with Gasteiger partial charge in [0, 0.05) is 58.9 Å². The average Bonchev–Trinajstić information content (AvgIpc) is 3.36. The van der Waals surface area contributed by atoms with Crippen LogP contribution in [-0.2, 0) is 14.8 Å². The molecule has 1 N–H and O–H groups in total. The minimum Gasteiger partial charge on any atom is -0.465 e. The number of piperazine rings is 2. The van der Waals surface area contributed by atoms with Gasteiger partial charge in [-0.3, -0.25) is 4.90 Å². The van der Waals surface area contributed by atoms with Gasteiger partial charge in [0.05, 0.1) is 13.7 Å². The average molecular weight is 497 g/mol. The number of aliphatic hydroxyl groups is 1. The number of rotatable bonds is 7. The quantitative estimate of drug-likeness (QED) is 0.523. The third-order valence-electron chi connectivity index (χ3n) is 5.93. The predicted molar refractivity (Wildman–Crippen MR) is 124 cm³/mol. The summed E-state index contributed by atoms with van der Waals surface area (Å²) in [5, 5.41) is 19.4. The number of aliphatic hydroxyl groups excluding tert-OH is 1. The van der Waals surface area contributed by atoms with Crippen molar-refractivity contribution in [2.45, 2.75) is 4.90 Å². The van der Waals surface area contributed by atoms with Crippen molar-refractivity contribution in [1.29, 1.82) is 0 Å². The summed E-state index contributed by atoms with van der Waals surface area (Å²) in [5.74, 6) is 0.879. The molecule has 0 aromatic carbocycles. The smallest absolute Gasteiger partial charge is 0.349 e. The van der Waals surface area contributed by atoms with Crippen LogP contribution in [-0.4, -0.2) is 112 Å². The van der Waals surface area contributed by atoms with E-state index in [9.17, 15) is 13.2 Å². The minimum absolute atomic E-state index is 0.00368. The van der Waals surface area contributed by atoms with Crippen LogP contribution in [0.1, 0.15) is 9.67 Å². The Morgan fingerprint density at radius 2 is 1.58 bits per heavy atom. The summed E-state index contributed by atoms with van der Waals surface area (Å²) in [6, 6.07) is 5.31. The molecular weight excluding hydrogens is 468 g/mol. The first-order valence-corrected chi connectivity index (χ1v) is 13.1. The van der Waals surface area contributed by atoms with E-state index in [1.165, 1.54) is 17.5 Å². The van der Waals surface area contributed by atoms with Gasteiger partial charge < -0.3 is 19.6 Å². The van der Waals surface area contributed by atoms with Crippen molar-refractivity contribution in [3.8, 4) is 0 Å². The van der Waals surface area contributed by atoms with E-state index in [1.54, 1.807) is 5.38 Å². The Hall–Kier alpha value is -2.32. The van der Waals surface area contributed by atoms with Crippen LogP contribution >= 0.6 is 11.3 Å². The molecule has 180 valence electrons. The highest BCUT2D eigenvalue weighted by atomic mass is 32.2. The molecule has 2 aromatic heterocycles. The van der Waals surface area contributed by atoms with Crippen LogP contribution in [0.25, 0.3) is 0 Å². The SMILES string of the molecule is COC(=O)c1sccc1S(=O)(=O)N1CCN(c2ccc(N3CCN(CCO)CC3)nn2)CC1. The first kappa shape index (κ1) is 23.8. The molecule has 2 fully saturated rings. The van der Waals surface area contributed by atoms with Crippen molar-refractivity contribution in [1.82, 2.24) is 19.4 Å². The largest absolute Gasteiger partial charge is 0.465 e. The van der Waals surface area contributed by atoms with E-state index < -0.39 is 16.0 Å². The van der Waals surface area contributed by atoms with Gasteiger partial charge in [-0.2, -0.15) is 4.31 Å². The second-order valence-electron chi connectivity index (χ2n) is 7.80. The number of carbonyl (C=O) groups excluding carboxylic acids is 1. The van der Waals surface area contributed by atoms with E-state index in [-0.39, 0.29) is 29.5 Å². The highest BCUT2D eigenvalue weighted by Gasteiger charge is 2.33. The van der Waals surface area contributed by atoms with Crippen LogP contribution in [0.15, 0.2) is 28.5 Å². The summed E-state index contributed by atoms with van der Waals surface area (Å²) in [6.45, 7) is 5.81. The van der Waals surface area contributed by atoms with Crippen LogP contribution in [0.3, 0.4) is 0 Å². The van der Waals surface area contributed by atoms with Gasteiger partial charge in [0.2, 0.25) is 10.0 Å². The van der Waals surface area contributed by atoms with E-state index in [0.29, 0.717) is 25.5 Å². The van der Waals surface area contributed by atoms with Crippen molar-refractivity contribution in [2.24, 2.45) is 0 Å². The Morgan fingerprint density at radius 3 is 2.09 bits per heavy atom. The maximum absolute atomic E-state index is 13.1. The third-order valence-corrected chi connectivity index (χ3v) is 8.89. The number of anilines is 2. The Labute approximate surface area is 197 Å². The fourth-order valence-electron chi connectivity index (χ4n) is 4.04. The van der Waals surface area contributed by atoms with Crippen molar-refractivity contribution in [2.75, 3.05) is 82.4 Å². The Balaban J connectivity index is 1.35. The van der Waals surface area contributed by atoms with Crippen LogP contribution < -0.4 is 9.80 Å². The number of hydrogen-bond acceptors (Lipinski definition) is 11. The molecule has 0 spiro atoms. The highest BCUT2D eigenvalue weighted by Crippen LogP contribution is 2.27. The van der Waals surface area contributed by atoms with Gasteiger partial charge in [0.1, 0.15) is 9.77 Å². The first-order chi connectivity index (χ1) is 15.9. The van der Waals surface area contributed by atoms with Gasteiger partial charge in [0.15, 0.2) is 11.6 Å². The summed E-state index contributed by atoms with van der Waals surface area (Å²) >= 11 is 1.06. The lowest BCUT2D eigenvalue weighted by Crippen LogP contribution is -2.49. The first-order valence-electron chi connectivity index (χ1n) is 10.8. The monoisotopic (exact) mass is 496 g/mol. The summed E-state index contributed by atoms with van der Waals surface area (Å²) in [7, 11) is -2.55. The number of esters is 1. The Kier molecular flexibility index (Phi) is 7.44. The van der Waals surface area contributed by atoms with Crippen LogP contribution in [0, 0.1) is 0 Å². The van der Waals surface area contributed by atoms with Gasteiger partial charge >= 0.3 is 5.97 Å². The van der Waals surface area contributed by atoms with Gasteiger partial charge in [-0.15, -0.1) is 21.5 Å². The molecule has 0 unspecified atom stereocenters. The number of hydrogen-bond donors (Lipinski definition) is 1. The number of β-amino-alcohol motifs (C(OH)–C–C–N with tert-alkyl or cyclic N) is 1. The molecule has 0 bridgehead atoms. The van der Waals surface area contributed by atoms with Crippen molar-refractivity contribution >= 4 is 39.0 Å². The number of nitrogens with zero attached hydrogens (tertiary/aromatic N) is 6. The van der Waals surface area contributed by atoms with Crippen LogP contribution in [0.5, 0.6) is 0 Å². The van der Waals surface area contributed by atoms with Crippen molar-refractivity contribution in [3.05, 3.63) is 28.5 Å². The molecule has 0 amide bonds. The van der Waals surface area contributed by atoms with Gasteiger partial charge in [-0.05, 0) is 23.6 Å². The summed E-state index contributed by atoms with van der Waals surface area (Å²) in [5.41, 5.74) is 0. The molecule has 2 aliphatic rings. The van der Waals surface area contributed by atoms with E-state index in [4.69, 9.17) is 9.84 Å². The number of aromatic nitrogens is 2. The summed E-state index contributed by atoms with van der Waals surface area (Å²) < 4.78 is 32.3. The molecule has 2 saturated heterocycles. The number of methoxy groups -OCH3 is 1. The molecule has 4 rings (SSSR count). The highest BCUT2D eigenvalue weighted by molar-refractivity contribution is 7.89. The van der Waals surface area contributed by atoms with E-state index in [0.717, 1.165) is 43.3 Å². The predicted octanol–water partition coefficient (Wildman–Crippen LogP) is -0.0501. The van der Waals surface area contributed by atoms with E-state index in [1.807, 2.05) is 17.0 Å². The number of ether oxygens (including phenoxy) is 1. The lowest BCUT2D eigenvalue weighted by molar-refractivity contribution is 0.0602. The van der Waals surface area contributed by atoms with Crippen LogP contribution in [0.4, 0.5) is 11.6 Å². The van der Waals surface area contributed by atoms with E-state index in [2.05, 4.69) is 20.0 Å². The molecule has 0 radical (unpaired) electrons. The Morgan fingerprint density at radius 1 is 1.00 bits per heavy atom. The summed E-state index contributed by atoms with van der Waals surface area (Å²) in [6.07, 6.45) is 0. The molecule has 33 heavy (non-hydrogen) atoms. The minimum atomic E-state index is -3.79. The molecule has 0 saturated carbocycles. The standard InChI is InChI=1S/C20H28N6O5S2/c1-31-20(28)19-16(4-15-32-19)33(29,30)26-11-9-25(10-12-26)18-3-2-17(21-22-18)24-7-5-23(6-8-24)13-14-27/h2-4,15,27H,5-14H2,1H3. The number of carbonyl (C=O) groups is 1. The lowest BCUT2D eigenvalue weighted by Gasteiger charge is -2.36. The van der Waals surface area contributed by atoms with Crippen molar-refractivity contribution in [3.63, 3.8) is 0 Å². The third kappa shape index (κ3) is 5.11. The maximum Gasteiger partial charge on any atom is 0.349 e. The molecule has 0 aliphatic carbocycles. The normalized spacial score (nSPS) is 18.5. The molecule has 0 atom stereocenters. The molecule has 11 nitrogen and oxygen atoms in total. The van der Waals surface area contributed by atoms with Gasteiger partial charge in [-0.1, -0.05) is 0 Å². The van der Waals surface area contributed by atoms with Crippen LogP contribution in [0.2, 0.25) is 0 Å². The fraction of sp³-hybridized carbons (Fsp3) is 0.550. The van der Waals surface area contributed by atoms with Gasteiger partial charge in [-0.25, -0.2) is 13.2 Å². The van der Waals surface area contributed by atoms with E-state index >= 15 is 0 Å². The lowest BCUT2D eigenvalue weighted by atomic mass is 10.3. The molecule has 2 aliphatic heterocycles. The fourth-order valence-corrected chi connectivity index (χ4v) is 6.77. The second kappa shape index (κ2) is 10.3. The maximum atomic E-state index is 13.1. The zero-order valence-electron chi connectivity index (χ0n) is 18.5. The molecule has 2 aromatic rings. The second-order valence-corrected chi connectivity index (χ2v) is 10.6. The zero-order chi connectivity index (χ0) is 23.4. The van der Waals surface area contributed by atoms with Crippen molar-refractivity contribution < 1.29 is 23.1 Å². The zero-order valence-corrected chi connectivity index (χ0v) is 20.1. The summed E-state index contributed by atoms with van der Waals surface area (Å²) in [4.78, 5) is 18.4. The number of thiophene rings is 1. The topological polar surface area (TPSA) is 119 Å². The molecule has 4 heterocycles. The van der Waals surface area contributed by atoms with Gasteiger partial charge in [0.25, 0.3) is 0 Å². The molecular formula is C20H28N6O5S2.